The molecule has 3 fully saturated rings. The van der Waals surface area contributed by atoms with Gasteiger partial charge in [0.1, 0.15) is 5.82 Å². The number of halogens is 1. The Labute approximate surface area is 147 Å². The Kier molecular flexibility index (Phi) is 5.01. The summed E-state index contributed by atoms with van der Waals surface area (Å²) in [5.74, 6) is 0.324. The van der Waals surface area contributed by atoms with Crippen LogP contribution in [0.5, 0.6) is 0 Å². The van der Waals surface area contributed by atoms with E-state index < -0.39 is 0 Å². The summed E-state index contributed by atoms with van der Waals surface area (Å²) in [5, 5.41) is 1.51. The Morgan fingerprint density at radius 1 is 1.24 bits per heavy atom. The third-order valence-corrected chi connectivity index (χ3v) is 5.42. The summed E-state index contributed by atoms with van der Waals surface area (Å²) in [6.07, 6.45) is 3.48. The lowest BCUT2D eigenvalue weighted by Gasteiger charge is -2.27. The van der Waals surface area contributed by atoms with Crippen LogP contribution in [0.2, 0.25) is 0 Å². The molecule has 1 amide bonds. The first-order valence-electron chi connectivity index (χ1n) is 9.23. The highest BCUT2D eigenvalue weighted by atomic mass is 19.1. The van der Waals surface area contributed by atoms with Gasteiger partial charge in [-0.25, -0.2) is 9.45 Å². The molecule has 3 saturated heterocycles. The minimum atomic E-state index is -0.148. The lowest BCUT2D eigenvalue weighted by Crippen LogP contribution is -2.37. The van der Waals surface area contributed by atoms with Crippen molar-refractivity contribution in [2.75, 3.05) is 26.2 Å². The van der Waals surface area contributed by atoms with Crippen LogP contribution in [0.25, 0.3) is 0 Å². The number of carbonyl (C=O) groups excluding carboxylic acids is 1. The number of nitrogens with zero attached hydrogens (tertiary/aromatic N) is 2. The third kappa shape index (κ3) is 3.86. The number of likely N-dealkylation sites (tertiary alicyclic amines) is 1. The van der Waals surface area contributed by atoms with Crippen LogP contribution < -0.4 is 0 Å². The fourth-order valence-electron chi connectivity index (χ4n) is 4.17. The Balaban J connectivity index is 1.26. The second-order valence-electron chi connectivity index (χ2n) is 7.32. The van der Waals surface area contributed by atoms with E-state index in [1.54, 1.807) is 6.07 Å². The number of rotatable bonds is 4. The highest BCUT2D eigenvalue weighted by Gasteiger charge is 2.42. The van der Waals surface area contributed by atoms with E-state index in [0.717, 1.165) is 37.9 Å². The molecule has 0 aliphatic carbocycles. The molecular weight excluding hydrogens is 323 g/mol. The van der Waals surface area contributed by atoms with Crippen LogP contribution in [0.3, 0.4) is 0 Å². The fourth-order valence-corrected chi connectivity index (χ4v) is 4.17. The lowest BCUT2D eigenvalue weighted by atomic mass is 10.0. The molecule has 3 heterocycles. The first-order valence-corrected chi connectivity index (χ1v) is 9.23. The smallest absolute Gasteiger partial charge is 0.248 e. The van der Waals surface area contributed by atoms with Crippen molar-refractivity contribution in [1.29, 1.82) is 0 Å². The van der Waals surface area contributed by atoms with E-state index in [-0.39, 0.29) is 23.9 Å². The molecule has 136 valence electrons. The predicted octanol–water partition coefficient (Wildman–Crippen LogP) is 2.36. The van der Waals surface area contributed by atoms with Crippen LogP contribution in [-0.4, -0.2) is 54.3 Å². The van der Waals surface area contributed by atoms with Gasteiger partial charge in [0.15, 0.2) is 0 Å². The molecule has 0 unspecified atom stereocenters. The summed E-state index contributed by atoms with van der Waals surface area (Å²) < 4.78 is 19.9. The molecule has 0 N–H and O–H groups in total. The maximum atomic E-state index is 13.8. The van der Waals surface area contributed by atoms with Crippen molar-refractivity contribution >= 4 is 5.91 Å². The van der Waals surface area contributed by atoms with Gasteiger partial charge in [-0.1, -0.05) is 18.2 Å². The van der Waals surface area contributed by atoms with Crippen LogP contribution in [0, 0.1) is 11.7 Å². The zero-order valence-electron chi connectivity index (χ0n) is 14.4. The number of hydrogen-bond acceptors (Lipinski definition) is 4. The summed E-state index contributed by atoms with van der Waals surface area (Å²) in [7, 11) is 0. The molecule has 1 aromatic carbocycles. The topological polar surface area (TPSA) is 42.0 Å². The minimum Gasteiger partial charge on any atom is -0.373 e. The van der Waals surface area contributed by atoms with Crippen molar-refractivity contribution in [2.24, 2.45) is 5.92 Å². The second kappa shape index (κ2) is 7.40. The quantitative estimate of drug-likeness (QED) is 0.838. The average molecular weight is 348 g/mol. The van der Waals surface area contributed by atoms with Crippen LogP contribution in [-0.2, 0) is 20.9 Å². The van der Waals surface area contributed by atoms with Crippen LogP contribution in [0.15, 0.2) is 24.3 Å². The average Bonchev–Trinajstić information content (AvgIpc) is 3.15. The first-order chi connectivity index (χ1) is 12.2. The summed E-state index contributed by atoms with van der Waals surface area (Å²) in [4.78, 5) is 20.0. The molecule has 0 spiro atoms. The SMILES string of the molecule is O=C(C[C@@H]1C[C@@H]2CN(Cc3ccccc3F)C[C@@H]2O1)N1CCCCO1. The molecule has 0 radical (unpaired) electrons. The number of ether oxygens (including phenoxy) is 1. The van der Waals surface area contributed by atoms with Crippen LogP contribution in [0.1, 0.15) is 31.2 Å². The monoisotopic (exact) mass is 348 g/mol. The summed E-state index contributed by atoms with van der Waals surface area (Å²) in [5.41, 5.74) is 0.733. The van der Waals surface area contributed by atoms with Crippen LogP contribution in [0.4, 0.5) is 4.39 Å². The number of hydroxylamine groups is 2. The van der Waals surface area contributed by atoms with Crippen molar-refractivity contribution in [3.8, 4) is 0 Å². The molecule has 0 saturated carbocycles. The minimum absolute atomic E-state index is 0.0105. The number of hydrogen-bond donors (Lipinski definition) is 0. The van der Waals surface area contributed by atoms with Gasteiger partial charge in [0, 0.05) is 37.7 Å². The molecule has 1 aromatic rings. The number of fused-ring (bicyclic) bond motifs is 1. The van der Waals surface area contributed by atoms with Crippen molar-refractivity contribution in [1.82, 2.24) is 9.96 Å². The maximum Gasteiger partial charge on any atom is 0.248 e. The Hall–Kier alpha value is -1.50. The molecule has 0 bridgehead atoms. The van der Waals surface area contributed by atoms with Crippen molar-refractivity contribution in [3.05, 3.63) is 35.6 Å². The van der Waals surface area contributed by atoms with E-state index in [4.69, 9.17) is 9.57 Å². The van der Waals surface area contributed by atoms with Crippen molar-refractivity contribution < 1.29 is 18.8 Å². The van der Waals surface area contributed by atoms with E-state index >= 15 is 0 Å². The van der Waals surface area contributed by atoms with E-state index in [0.29, 0.717) is 32.0 Å². The zero-order chi connectivity index (χ0) is 17.2. The highest BCUT2D eigenvalue weighted by molar-refractivity contribution is 5.75. The third-order valence-electron chi connectivity index (χ3n) is 5.42. The summed E-state index contributed by atoms with van der Waals surface area (Å²) in [6, 6.07) is 6.93. The lowest BCUT2D eigenvalue weighted by molar-refractivity contribution is -0.199. The molecule has 6 heteroatoms. The molecule has 3 aliphatic heterocycles. The van der Waals surface area contributed by atoms with Gasteiger partial charge >= 0.3 is 0 Å². The second-order valence-corrected chi connectivity index (χ2v) is 7.32. The predicted molar refractivity (Wildman–Crippen MR) is 90.0 cm³/mol. The fraction of sp³-hybridized carbons (Fsp3) is 0.632. The van der Waals surface area contributed by atoms with Gasteiger partial charge in [-0.3, -0.25) is 14.5 Å². The largest absolute Gasteiger partial charge is 0.373 e. The summed E-state index contributed by atoms with van der Waals surface area (Å²) >= 11 is 0. The van der Waals surface area contributed by atoms with E-state index in [9.17, 15) is 9.18 Å². The number of amides is 1. The number of carbonyl (C=O) groups is 1. The van der Waals surface area contributed by atoms with Gasteiger partial charge in [0.2, 0.25) is 5.91 Å². The standard InChI is InChI=1S/C19H25FN2O3/c20-17-6-2-1-5-14(17)11-21-12-15-9-16(25-18(15)13-21)10-19(23)22-7-3-4-8-24-22/h1-2,5-6,15-16,18H,3-4,7-13H2/t15-,16+,18+/m1/s1. The summed E-state index contributed by atoms with van der Waals surface area (Å²) in [6.45, 7) is 3.66. The Morgan fingerprint density at radius 2 is 2.12 bits per heavy atom. The van der Waals surface area contributed by atoms with Gasteiger partial charge in [-0.15, -0.1) is 0 Å². The van der Waals surface area contributed by atoms with Crippen LogP contribution >= 0.6 is 0 Å². The molecule has 5 nitrogen and oxygen atoms in total. The Bertz CT molecular complexity index is 606. The normalized spacial score (nSPS) is 29.8. The molecular formula is C19H25FN2O3. The zero-order valence-corrected chi connectivity index (χ0v) is 14.4. The molecule has 0 aromatic heterocycles. The first kappa shape index (κ1) is 16.9. The Morgan fingerprint density at radius 3 is 2.88 bits per heavy atom. The van der Waals surface area contributed by atoms with Gasteiger partial charge in [0.25, 0.3) is 0 Å². The number of benzene rings is 1. The van der Waals surface area contributed by atoms with Crippen molar-refractivity contribution in [2.45, 2.75) is 44.4 Å². The van der Waals surface area contributed by atoms with Gasteiger partial charge in [-0.2, -0.15) is 0 Å². The van der Waals surface area contributed by atoms with Gasteiger partial charge < -0.3 is 4.74 Å². The molecule has 3 aliphatic rings. The van der Waals surface area contributed by atoms with E-state index in [1.807, 2.05) is 12.1 Å². The molecule has 25 heavy (non-hydrogen) atoms. The van der Waals surface area contributed by atoms with E-state index in [2.05, 4.69) is 4.90 Å². The van der Waals surface area contributed by atoms with Gasteiger partial charge in [0.05, 0.1) is 25.2 Å². The highest BCUT2D eigenvalue weighted by Crippen LogP contribution is 2.35. The van der Waals surface area contributed by atoms with Crippen molar-refractivity contribution in [3.63, 3.8) is 0 Å². The molecule has 4 rings (SSSR count). The molecule has 3 atom stereocenters. The maximum absolute atomic E-state index is 13.8. The van der Waals surface area contributed by atoms with Gasteiger partial charge in [-0.05, 0) is 25.3 Å². The van der Waals surface area contributed by atoms with E-state index in [1.165, 1.54) is 11.1 Å².